The fraction of sp³-hybridized carbons (Fsp3) is 0.438. The van der Waals surface area contributed by atoms with E-state index < -0.39 is 12.1 Å². The van der Waals surface area contributed by atoms with Crippen molar-refractivity contribution >= 4 is 23.4 Å². The molecule has 0 radical (unpaired) electrons. The quantitative estimate of drug-likeness (QED) is 0.384. The number of benzene rings is 2. The molecule has 216 valence electrons. The molecule has 0 bridgehead atoms. The lowest BCUT2D eigenvalue weighted by molar-refractivity contribution is -0.144. The van der Waals surface area contributed by atoms with E-state index in [9.17, 15) is 19.5 Å². The number of hydrogen-bond donors (Lipinski definition) is 2. The van der Waals surface area contributed by atoms with Crippen molar-refractivity contribution in [1.82, 2.24) is 19.8 Å². The van der Waals surface area contributed by atoms with Crippen LogP contribution in [0.25, 0.3) is 11.4 Å². The minimum absolute atomic E-state index is 0.0997. The van der Waals surface area contributed by atoms with Crippen LogP contribution in [0.1, 0.15) is 68.2 Å². The first-order valence-corrected chi connectivity index (χ1v) is 14.9. The molecule has 2 aliphatic heterocycles. The fourth-order valence-electron chi connectivity index (χ4n) is 5.97. The Kier molecular flexibility index (Phi) is 9.20. The summed E-state index contributed by atoms with van der Waals surface area (Å²) in [5, 5.41) is 11.1. The van der Waals surface area contributed by atoms with Gasteiger partial charge < -0.3 is 19.9 Å². The topological polar surface area (TPSA) is 107 Å². The van der Waals surface area contributed by atoms with Gasteiger partial charge in [0, 0.05) is 42.4 Å². The third-order valence-corrected chi connectivity index (χ3v) is 8.39. The molecule has 3 atom stereocenters. The number of amides is 2. The molecule has 41 heavy (non-hydrogen) atoms. The Morgan fingerprint density at radius 3 is 2.56 bits per heavy atom. The van der Waals surface area contributed by atoms with Crippen molar-refractivity contribution in [2.24, 2.45) is 0 Å². The molecule has 0 saturated carbocycles. The molecule has 1 fully saturated rings. The lowest BCUT2D eigenvalue weighted by atomic mass is 9.90. The summed E-state index contributed by atoms with van der Waals surface area (Å²) in [4.78, 5) is 51.4. The number of nitrogens with zero attached hydrogens (tertiary/aromatic N) is 3. The van der Waals surface area contributed by atoms with Crippen LogP contribution < -0.4 is 5.56 Å². The summed E-state index contributed by atoms with van der Waals surface area (Å²) < 4.78 is 0. The molecular weight excluding hydrogens is 540 g/mol. The molecule has 3 heterocycles. The molecule has 2 aliphatic rings. The van der Waals surface area contributed by atoms with Gasteiger partial charge in [-0.05, 0) is 49.1 Å². The summed E-state index contributed by atoms with van der Waals surface area (Å²) in [6, 6.07) is 16.4. The minimum Gasteiger partial charge on any atom is -0.391 e. The van der Waals surface area contributed by atoms with Crippen LogP contribution in [0.2, 0.25) is 5.02 Å². The number of fused-ring (bicyclic) bond motifs is 1. The number of aryl methyl sites for hydroxylation is 1. The number of H-pyrrole nitrogens is 1. The minimum atomic E-state index is -0.748. The van der Waals surface area contributed by atoms with Crippen molar-refractivity contribution < 1.29 is 14.7 Å². The largest absolute Gasteiger partial charge is 0.391 e. The van der Waals surface area contributed by atoms with Gasteiger partial charge in [0.2, 0.25) is 11.8 Å². The lowest BCUT2D eigenvalue weighted by Crippen LogP contribution is -2.50. The summed E-state index contributed by atoms with van der Waals surface area (Å²) in [7, 11) is 0. The number of β-amino-alcohol motifs (C(OH)–C–C–N with tert-alkyl or cyclic N) is 1. The maximum Gasteiger partial charge on any atom is 0.256 e. The van der Waals surface area contributed by atoms with Crippen LogP contribution in [0.15, 0.2) is 59.4 Å². The zero-order chi connectivity index (χ0) is 28.9. The first kappa shape index (κ1) is 29.0. The normalized spacial score (nSPS) is 20.2. The van der Waals surface area contributed by atoms with Gasteiger partial charge in [0.1, 0.15) is 11.9 Å². The van der Waals surface area contributed by atoms with Crippen molar-refractivity contribution in [1.29, 1.82) is 0 Å². The molecule has 1 saturated heterocycles. The summed E-state index contributed by atoms with van der Waals surface area (Å²) in [5.41, 5.74) is 2.89. The Balaban J connectivity index is 1.34. The highest BCUT2D eigenvalue weighted by Crippen LogP contribution is 2.32. The zero-order valence-electron chi connectivity index (χ0n) is 23.4. The average Bonchev–Trinajstić information content (AvgIpc) is 3.38. The first-order valence-electron chi connectivity index (χ1n) is 14.5. The molecule has 3 aromatic rings. The second-order valence-electron chi connectivity index (χ2n) is 11.1. The number of likely N-dealkylation sites (tertiary alicyclic amines) is 1. The Labute approximate surface area is 245 Å². The van der Waals surface area contributed by atoms with Crippen LogP contribution in [-0.4, -0.2) is 61.9 Å². The maximum atomic E-state index is 13.9. The maximum absolute atomic E-state index is 13.9. The van der Waals surface area contributed by atoms with E-state index in [0.29, 0.717) is 35.8 Å². The van der Waals surface area contributed by atoms with Crippen LogP contribution in [0.4, 0.5) is 0 Å². The number of aromatic amines is 1. The highest BCUT2D eigenvalue weighted by atomic mass is 35.5. The van der Waals surface area contributed by atoms with Gasteiger partial charge in [0.05, 0.1) is 23.9 Å². The molecule has 1 aromatic heterocycles. The second-order valence-corrected chi connectivity index (χ2v) is 11.6. The molecule has 5 rings (SSSR count). The molecule has 1 unspecified atom stereocenters. The van der Waals surface area contributed by atoms with Gasteiger partial charge in [0.15, 0.2) is 0 Å². The van der Waals surface area contributed by atoms with Gasteiger partial charge in [-0.2, -0.15) is 0 Å². The standard InChI is InChI=1S/C32H37ClN4O4/c1-2-3-11-23-18-36(20-26-29(23)34-30(35-31(26)40)22-13-15-24(33)16-14-22)32(41)27-17-25(38)19-37(27)28(39)12-7-10-21-8-5-4-6-9-21/h4-6,8-9,13-16,23,25,27,38H,2-3,7,10-12,17-20H2,1H3,(H,34,35,40)/t23?,25-,27+/m1/s1. The number of unbranched alkanes of at least 4 members (excludes halogenated alkanes) is 1. The number of carbonyl (C=O) groups is 2. The number of halogens is 1. The van der Waals surface area contributed by atoms with Crippen molar-refractivity contribution in [3.63, 3.8) is 0 Å². The number of nitrogens with one attached hydrogen (secondary N) is 1. The number of hydrogen-bond acceptors (Lipinski definition) is 5. The van der Waals surface area contributed by atoms with Crippen LogP contribution in [0, 0.1) is 0 Å². The first-order chi connectivity index (χ1) is 19.8. The molecule has 2 aromatic carbocycles. The monoisotopic (exact) mass is 576 g/mol. The Hall–Kier alpha value is -3.49. The van der Waals surface area contributed by atoms with Gasteiger partial charge in [-0.25, -0.2) is 4.98 Å². The summed E-state index contributed by atoms with van der Waals surface area (Å²) in [6.45, 7) is 2.81. The van der Waals surface area contributed by atoms with Gasteiger partial charge in [-0.3, -0.25) is 14.4 Å². The lowest BCUT2D eigenvalue weighted by Gasteiger charge is -2.36. The highest BCUT2D eigenvalue weighted by Gasteiger charge is 2.42. The van der Waals surface area contributed by atoms with Crippen LogP contribution in [0.5, 0.6) is 0 Å². The predicted octanol–water partition coefficient (Wildman–Crippen LogP) is 4.69. The van der Waals surface area contributed by atoms with Crippen LogP contribution in [0.3, 0.4) is 0 Å². The van der Waals surface area contributed by atoms with Gasteiger partial charge in [0.25, 0.3) is 5.56 Å². The summed E-state index contributed by atoms with van der Waals surface area (Å²) in [6.07, 6.45) is 3.92. The molecule has 2 N–H and O–H groups in total. The Morgan fingerprint density at radius 2 is 1.83 bits per heavy atom. The molecule has 9 heteroatoms. The van der Waals surface area contributed by atoms with Crippen molar-refractivity contribution in [3.05, 3.63) is 86.8 Å². The smallest absolute Gasteiger partial charge is 0.256 e. The van der Waals surface area contributed by atoms with E-state index in [4.69, 9.17) is 16.6 Å². The SMILES string of the molecule is CCCCC1CN(C(=O)[C@@H]2C[C@@H](O)CN2C(=O)CCCc2ccccc2)Cc2c1nc(-c1ccc(Cl)cc1)[nH]c2=O. The van der Waals surface area contributed by atoms with Crippen LogP contribution in [-0.2, 0) is 22.6 Å². The average molecular weight is 577 g/mol. The number of aromatic nitrogens is 2. The fourth-order valence-corrected chi connectivity index (χ4v) is 6.10. The molecular formula is C32H37ClN4O4. The van der Waals surface area contributed by atoms with E-state index in [2.05, 4.69) is 11.9 Å². The molecule has 2 amide bonds. The number of aliphatic hydroxyl groups is 1. The predicted molar refractivity (Wildman–Crippen MR) is 158 cm³/mol. The van der Waals surface area contributed by atoms with Crippen molar-refractivity contribution in [2.75, 3.05) is 13.1 Å². The zero-order valence-corrected chi connectivity index (χ0v) is 24.1. The van der Waals surface area contributed by atoms with Crippen molar-refractivity contribution in [2.45, 2.75) is 76.5 Å². The Morgan fingerprint density at radius 1 is 1.07 bits per heavy atom. The molecule has 8 nitrogen and oxygen atoms in total. The van der Waals surface area contributed by atoms with E-state index in [-0.39, 0.29) is 42.8 Å². The highest BCUT2D eigenvalue weighted by molar-refractivity contribution is 6.30. The molecule has 0 aliphatic carbocycles. The summed E-state index contributed by atoms with van der Waals surface area (Å²) in [5.74, 6) is 0.0458. The van der Waals surface area contributed by atoms with Gasteiger partial charge in [-0.1, -0.05) is 61.7 Å². The van der Waals surface area contributed by atoms with Crippen molar-refractivity contribution in [3.8, 4) is 11.4 Å². The molecule has 0 spiro atoms. The number of aliphatic hydroxyl groups excluding tert-OH is 1. The van der Waals surface area contributed by atoms with E-state index in [1.807, 2.05) is 42.5 Å². The third kappa shape index (κ3) is 6.71. The third-order valence-electron chi connectivity index (χ3n) is 8.14. The second kappa shape index (κ2) is 13.0. The Bertz CT molecular complexity index is 1430. The van der Waals surface area contributed by atoms with E-state index in [0.717, 1.165) is 42.5 Å². The number of rotatable bonds is 9. The van der Waals surface area contributed by atoms with E-state index in [1.165, 1.54) is 0 Å². The van der Waals surface area contributed by atoms with Gasteiger partial charge in [-0.15, -0.1) is 0 Å². The summed E-state index contributed by atoms with van der Waals surface area (Å²) >= 11 is 6.04. The van der Waals surface area contributed by atoms with Crippen LogP contribution >= 0.6 is 11.6 Å². The van der Waals surface area contributed by atoms with Gasteiger partial charge >= 0.3 is 0 Å². The van der Waals surface area contributed by atoms with E-state index in [1.54, 1.807) is 21.9 Å². The van der Waals surface area contributed by atoms with E-state index >= 15 is 0 Å². The number of carbonyl (C=O) groups excluding carboxylic acids is 2.